The molecule has 2 unspecified atom stereocenters. The first-order valence-corrected chi connectivity index (χ1v) is 9.53. The summed E-state index contributed by atoms with van der Waals surface area (Å²) < 4.78 is 24.4. The third-order valence-electron chi connectivity index (χ3n) is 5.23. The van der Waals surface area contributed by atoms with Gasteiger partial charge in [0.1, 0.15) is 5.82 Å². The highest BCUT2D eigenvalue weighted by Crippen LogP contribution is 2.22. The monoisotopic (exact) mass is 351 g/mol. The molecule has 140 valence electrons. The smallest absolute Gasteiger partial charge is 0.123 e. The number of halogens is 1. The van der Waals surface area contributed by atoms with Crippen LogP contribution in [0.15, 0.2) is 24.3 Å². The van der Waals surface area contributed by atoms with Crippen molar-refractivity contribution >= 4 is 0 Å². The largest absolute Gasteiger partial charge is 0.389 e. The van der Waals surface area contributed by atoms with E-state index < -0.39 is 6.10 Å². The summed E-state index contributed by atoms with van der Waals surface area (Å²) in [6, 6.07) is 6.92. The fraction of sp³-hybridized carbons (Fsp3) is 0.700. The summed E-state index contributed by atoms with van der Waals surface area (Å²) in [6.07, 6.45) is 5.08. The van der Waals surface area contributed by atoms with Crippen LogP contribution in [-0.2, 0) is 15.9 Å². The van der Waals surface area contributed by atoms with Gasteiger partial charge in [-0.25, -0.2) is 4.39 Å². The topological polar surface area (TPSA) is 41.9 Å². The van der Waals surface area contributed by atoms with E-state index >= 15 is 0 Å². The van der Waals surface area contributed by atoms with Crippen molar-refractivity contribution in [3.63, 3.8) is 0 Å². The Morgan fingerprint density at radius 3 is 2.84 bits per heavy atom. The molecule has 0 spiro atoms. The van der Waals surface area contributed by atoms with Gasteiger partial charge in [0, 0.05) is 13.2 Å². The van der Waals surface area contributed by atoms with Crippen molar-refractivity contribution in [1.29, 1.82) is 0 Å². The van der Waals surface area contributed by atoms with Gasteiger partial charge in [0.25, 0.3) is 0 Å². The molecule has 2 atom stereocenters. The maximum atomic E-state index is 13.3. The molecule has 2 fully saturated rings. The summed E-state index contributed by atoms with van der Waals surface area (Å²) in [5.74, 6) is 0.451. The van der Waals surface area contributed by atoms with E-state index in [1.165, 1.54) is 6.07 Å². The molecule has 1 aromatic carbocycles. The predicted octanol–water partition coefficient (Wildman–Crippen LogP) is 2.64. The number of hydrogen-bond acceptors (Lipinski definition) is 4. The van der Waals surface area contributed by atoms with Crippen LogP contribution in [0.1, 0.15) is 31.2 Å². The Balaban J connectivity index is 1.30. The number of nitrogens with zero attached hydrogens (tertiary/aromatic N) is 1. The van der Waals surface area contributed by atoms with E-state index in [-0.39, 0.29) is 11.9 Å². The molecule has 3 rings (SSSR count). The minimum atomic E-state index is -0.443. The fourth-order valence-corrected chi connectivity index (χ4v) is 3.83. The Kier molecular flexibility index (Phi) is 7.23. The molecule has 2 aliphatic heterocycles. The molecule has 0 aromatic heterocycles. The molecular weight excluding hydrogens is 321 g/mol. The number of hydrogen-bond donors (Lipinski definition) is 1. The maximum Gasteiger partial charge on any atom is 0.123 e. The van der Waals surface area contributed by atoms with Gasteiger partial charge < -0.3 is 19.5 Å². The minimum absolute atomic E-state index is 0.152. The molecule has 0 radical (unpaired) electrons. The van der Waals surface area contributed by atoms with Gasteiger partial charge in [-0.15, -0.1) is 0 Å². The lowest BCUT2D eigenvalue weighted by atomic mass is 9.90. The standard InChI is InChI=1S/C20H30FNO3/c21-18-4-1-3-17(12-18)11-16-6-8-22(9-7-16)13-19(23)14-24-15-20-5-2-10-25-20/h1,3-4,12,16,19-20,23H,2,5-11,13-15H2. The SMILES string of the molecule is OC(COCC1CCCO1)CN1CCC(Cc2cccc(F)c2)CC1. The van der Waals surface area contributed by atoms with E-state index in [1.807, 2.05) is 6.07 Å². The second-order valence-electron chi connectivity index (χ2n) is 7.40. The molecular formula is C20H30FNO3. The number of aliphatic hydroxyl groups is 1. The van der Waals surface area contributed by atoms with Gasteiger partial charge in [-0.05, 0) is 68.8 Å². The van der Waals surface area contributed by atoms with Gasteiger partial charge in [0.2, 0.25) is 0 Å². The second kappa shape index (κ2) is 9.62. The highest BCUT2D eigenvalue weighted by atomic mass is 19.1. The van der Waals surface area contributed by atoms with Crippen molar-refractivity contribution in [1.82, 2.24) is 4.90 Å². The van der Waals surface area contributed by atoms with Gasteiger partial charge in [-0.1, -0.05) is 12.1 Å². The van der Waals surface area contributed by atoms with Crippen LogP contribution in [-0.4, -0.2) is 61.7 Å². The number of ether oxygens (including phenoxy) is 2. The van der Waals surface area contributed by atoms with Crippen molar-refractivity contribution in [2.24, 2.45) is 5.92 Å². The van der Waals surface area contributed by atoms with Gasteiger partial charge in [0.05, 0.1) is 25.4 Å². The number of aliphatic hydroxyl groups excluding tert-OH is 1. The number of piperidine rings is 1. The first-order valence-electron chi connectivity index (χ1n) is 9.53. The lowest BCUT2D eigenvalue weighted by Gasteiger charge is -2.33. The lowest BCUT2D eigenvalue weighted by molar-refractivity contribution is -0.0274. The zero-order valence-electron chi connectivity index (χ0n) is 14.9. The lowest BCUT2D eigenvalue weighted by Crippen LogP contribution is -2.40. The van der Waals surface area contributed by atoms with Gasteiger partial charge in [-0.3, -0.25) is 0 Å². The van der Waals surface area contributed by atoms with Crippen LogP contribution < -0.4 is 0 Å². The van der Waals surface area contributed by atoms with Crippen molar-refractivity contribution in [2.75, 3.05) is 39.5 Å². The normalized spacial score (nSPS) is 23.8. The second-order valence-corrected chi connectivity index (χ2v) is 7.40. The van der Waals surface area contributed by atoms with Crippen LogP contribution in [0.4, 0.5) is 4.39 Å². The van der Waals surface area contributed by atoms with E-state index in [1.54, 1.807) is 12.1 Å². The molecule has 0 aliphatic carbocycles. The molecule has 4 nitrogen and oxygen atoms in total. The fourth-order valence-electron chi connectivity index (χ4n) is 3.83. The van der Waals surface area contributed by atoms with Crippen molar-refractivity contribution in [3.05, 3.63) is 35.6 Å². The van der Waals surface area contributed by atoms with Crippen LogP contribution in [0.3, 0.4) is 0 Å². The van der Waals surface area contributed by atoms with E-state index in [4.69, 9.17) is 9.47 Å². The Labute approximate surface area is 149 Å². The van der Waals surface area contributed by atoms with Gasteiger partial charge >= 0.3 is 0 Å². The van der Waals surface area contributed by atoms with E-state index in [0.717, 1.165) is 57.4 Å². The molecule has 2 saturated heterocycles. The Morgan fingerprint density at radius 2 is 2.12 bits per heavy atom. The first-order chi connectivity index (χ1) is 12.2. The highest BCUT2D eigenvalue weighted by Gasteiger charge is 2.22. The minimum Gasteiger partial charge on any atom is -0.389 e. The summed E-state index contributed by atoms with van der Waals surface area (Å²) in [4.78, 5) is 2.31. The number of likely N-dealkylation sites (tertiary alicyclic amines) is 1. The Hall–Kier alpha value is -1.01. The quantitative estimate of drug-likeness (QED) is 0.782. The molecule has 1 aromatic rings. The van der Waals surface area contributed by atoms with Crippen molar-refractivity contribution < 1.29 is 19.0 Å². The zero-order chi connectivity index (χ0) is 17.5. The molecule has 0 bridgehead atoms. The molecule has 25 heavy (non-hydrogen) atoms. The molecule has 2 heterocycles. The third-order valence-corrected chi connectivity index (χ3v) is 5.23. The highest BCUT2D eigenvalue weighted by molar-refractivity contribution is 5.17. The predicted molar refractivity (Wildman–Crippen MR) is 95.1 cm³/mol. The van der Waals surface area contributed by atoms with Gasteiger partial charge in [0.15, 0.2) is 0 Å². The summed E-state index contributed by atoms with van der Waals surface area (Å²) >= 11 is 0. The summed E-state index contributed by atoms with van der Waals surface area (Å²) in [5.41, 5.74) is 1.08. The Bertz CT molecular complexity index is 513. The van der Waals surface area contributed by atoms with Crippen LogP contribution in [0.25, 0.3) is 0 Å². The zero-order valence-corrected chi connectivity index (χ0v) is 14.9. The average molecular weight is 351 g/mol. The van der Waals surface area contributed by atoms with Crippen LogP contribution >= 0.6 is 0 Å². The molecule has 0 amide bonds. The summed E-state index contributed by atoms with van der Waals surface area (Å²) in [5, 5.41) is 10.2. The van der Waals surface area contributed by atoms with Crippen molar-refractivity contribution in [2.45, 2.75) is 44.3 Å². The molecule has 2 aliphatic rings. The third kappa shape index (κ3) is 6.33. The first kappa shape index (κ1) is 18.8. The number of benzene rings is 1. The molecule has 0 saturated carbocycles. The van der Waals surface area contributed by atoms with Crippen LogP contribution in [0, 0.1) is 11.7 Å². The van der Waals surface area contributed by atoms with Crippen LogP contribution in [0.5, 0.6) is 0 Å². The number of β-amino-alcohol motifs (C(OH)–C–C–N with tert-alkyl or cyclic N) is 1. The summed E-state index contributed by atoms with van der Waals surface area (Å²) in [7, 11) is 0. The molecule has 1 N–H and O–H groups in total. The average Bonchev–Trinajstić information content (AvgIpc) is 3.10. The van der Waals surface area contributed by atoms with Gasteiger partial charge in [-0.2, -0.15) is 0 Å². The maximum absolute atomic E-state index is 13.3. The number of rotatable bonds is 8. The van der Waals surface area contributed by atoms with Crippen LogP contribution in [0.2, 0.25) is 0 Å². The van der Waals surface area contributed by atoms with E-state index in [0.29, 0.717) is 25.7 Å². The van der Waals surface area contributed by atoms with E-state index in [2.05, 4.69) is 4.90 Å². The molecule has 5 heteroatoms. The van der Waals surface area contributed by atoms with Crippen molar-refractivity contribution in [3.8, 4) is 0 Å². The Morgan fingerprint density at radius 1 is 1.28 bits per heavy atom. The van der Waals surface area contributed by atoms with E-state index in [9.17, 15) is 9.50 Å². The summed E-state index contributed by atoms with van der Waals surface area (Å²) in [6.45, 7) is 4.45.